The summed E-state index contributed by atoms with van der Waals surface area (Å²) in [5.74, 6) is -1.61. The summed E-state index contributed by atoms with van der Waals surface area (Å²) >= 11 is 9.48. The Hall–Kier alpha value is -6.08. The molecule has 11 rings (SSSR count). The highest BCUT2D eigenvalue weighted by molar-refractivity contribution is 7.23. The van der Waals surface area contributed by atoms with Gasteiger partial charge in [-0.1, -0.05) is 62.7 Å². The number of hydrogen-bond acceptors (Lipinski definition) is 15. The number of nitrogens with one attached hydrogen (secondary N) is 2. The molecule has 21 heteroatoms. The highest BCUT2D eigenvalue weighted by Gasteiger charge is 2.50. The van der Waals surface area contributed by atoms with Crippen LogP contribution in [0.4, 0.5) is 19.6 Å². The van der Waals surface area contributed by atoms with Crippen molar-refractivity contribution in [1.29, 1.82) is 5.26 Å². The first-order chi connectivity index (χ1) is 37.9. The number of aryl methyl sites for hydroxylation is 1. The van der Waals surface area contributed by atoms with Gasteiger partial charge in [0.1, 0.15) is 46.9 Å². The molecule has 5 aliphatic heterocycles. The van der Waals surface area contributed by atoms with Crippen molar-refractivity contribution in [2.75, 3.05) is 50.0 Å². The summed E-state index contributed by atoms with van der Waals surface area (Å²) in [7, 11) is 0. The number of aromatic nitrogens is 3. The van der Waals surface area contributed by atoms with Crippen LogP contribution in [0.1, 0.15) is 108 Å². The zero-order valence-corrected chi connectivity index (χ0v) is 47.4. The van der Waals surface area contributed by atoms with Crippen LogP contribution in [0.15, 0.2) is 48.0 Å². The predicted octanol–water partition coefficient (Wildman–Crippen LogP) is 9.14. The number of halogens is 3. The quantitative estimate of drug-likeness (QED) is 0.0758. The molecule has 416 valence electrons. The standard InChI is InChI=1S/C58H66ClF2N11O5S2/c1-30(32-10-12-33(13-11-32)50-31(2)64-29-78-50)65-55(75)44-22-38(73)27-71(44)56(76)52(58(3,4)5)72-36(16-19-45(72)74)8-6-20-69-21-7-9-37(69)28-77-57-67-49-40(54(68-57)70-25-34-14-15-35(26-70)66-34)23-42(59)47(48(49)61)39-17-18-43(60)51-46(39)41(24-62)53(63)79-51/h10-13,17-18,23,29-30,34-38,44,52,66,73H,6-9,14-16,19-22,25-28,63H2,1-5H3,(H,65,75)/t30-,34?,35?,36-,37-,38+,44-,52+/m0/s1. The Bertz CT molecular complexity index is 3370. The lowest BCUT2D eigenvalue weighted by atomic mass is 9.83. The van der Waals surface area contributed by atoms with E-state index in [4.69, 9.17) is 32.0 Å². The van der Waals surface area contributed by atoms with E-state index in [1.807, 2.05) is 64.4 Å². The molecule has 5 aliphatic rings. The summed E-state index contributed by atoms with van der Waals surface area (Å²) in [6, 6.07) is 12.5. The van der Waals surface area contributed by atoms with Crippen molar-refractivity contribution in [3.05, 3.63) is 81.5 Å². The number of thiazole rings is 1. The summed E-state index contributed by atoms with van der Waals surface area (Å²) in [5, 5.41) is 28.6. The molecule has 8 heterocycles. The number of nitriles is 1. The van der Waals surface area contributed by atoms with Crippen molar-refractivity contribution < 1.29 is 33.0 Å². The first-order valence-electron chi connectivity index (χ1n) is 27.5. The number of thiophene rings is 1. The van der Waals surface area contributed by atoms with Gasteiger partial charge in [0.25, 0.3) is 0 Å². The number of benzene rings is 3. The Morgan fingerprint density at radius 3 is 2.53 bits per heavy atom. The molecule has 2 unspecified atom stereocenters. The van der Waals surface area contributed by atoms with Crippen LogP contribution < -0.4 is 26.0 Å². The number of nitrogens with zero attached hydrogens (tertiary/aromatic N) is 8. The second-order valence-electron chi connectivity index (χ2n) is 23.1. The van der Waals surface area contributed by atoms with Crippen LogP contribution in [0, 0.1) is 35.3 Å². The number of nitrogen functional groups attached to an aromatic ring is 1. The second-order valence-corrected chi connectivity index (χ2v) is 25.4. The molecule has 6 aromatic rings. The largest absolute Gasteiger partial charge is 0.462 e. The first kappa shape index (κ1) is 54.9. The van der Waals surface area contributed by atoms with Crippen LogP contribution in [-0.4, -0.2) is 134 Å². The number of aliphatic hydroxyl groups is 1. The minimum absolute atomic E-state index is 0.00521. The van der Waals surface area contributed by atoms with Gasteiger partial charge in [-0.15, -0.1) is 22.7 Å². The van der Waals surface area contributed by atoms with Gasteiger partial charge in [-0.05, 0) is 106 Å². The van der Waals surface area contributed by atoms with E-state index in [0.717, 1.165) is 71.7 Å². The molecule has 0 spiro atoms. The molecule has 0 saturated carbocycles. The summed E-state index contributed by atoms with van der Waals surface area (Å²) in [6.07, 6.45) is 5.32. The van der Waals surface area contributed by atoms with Gasteiger partial charge < -0.3 is 40.9 Å². The van der Waals surface area contributed by atoms with Crippen LogP contribution in [0.25, 0.3) is 42.6 Å². The van der Waals surface area contributed by atoms with Crippen LogP contribution in [0.3, 0.4) is 0 Å². The number of ether oxygens (including phenoxy) is 1. The Balaban J connectivity index is 0.778. The number of aliphatic hydroxyl groups excluding tert-OH is 1. The molecular formula is C58H66ClF2N11O5S2. The zero-order valence-electron chi connectivity index (χ0n) is 45.0. The fourth-order valence-corrected chi connectivity index (χ4v) is 15.0. The summed E-state index contributed by atoms with van der Waals surface area (Å²) in [4.78, 5) is 65.9. The number of carbonyl (C=O) groups excluding carboxylic acids is 3. The fraction of sp³-hybridized carbons (Fsp3) is 0.500. The van der Waals surface area contributed by atoms with E-state index in [1.165, 1.54) is 17.0 Å². The number of likely N-dealkylation sites (tertiary alicyclic amines) is 3. The summed E-state index contributed by atoms with van der Waals surface area (Å²) in [5.41, 5.74) is 10.4. The average molecular weight is 1130 g/mol. The maximum Gasteiger partial charge on any atom is 0.319 e. The third-order valence-corrected chi connectivity index (χ3v) is 19.1. The monoisotopic (exact) mass is 1130 g/mol. The second kappa shape index (κ2) is 22.1. The molecular weight excluding hydrogens is 1070 g/mol. The minimum Gasteiger partial charge on any atom is -0.462 e. The van der Waals surface area contributed by atoms with Gasteiger partial charge in [0.15, 0.2) is 5.82 Å². The smallest absolute Gasteiger partial charge is 0.319 e. The van der Waals surface area contributed by atoms with Crippen molar-refractivity contribution in [1.82, 2.24) is 40.3 Å². The topological polar surface area (TPSA) is 206 Å². The number of piperazine rings is 1. The van der Waals surface area contributed by atoms with Crippen molar-refractivity contribution in [2.45, 2.75) is 141 Å². The molecule has 5 N–H and O–H groups in total. The SMILES string of the molecule is Cc1ncsc1-c1ccc([C@H](C)NC(=O)[C@@H]2C[C@@H](O)CN2C(=O)[C@@H](N2C(=O)CC[C@@H]2CCCN2CCC[C@H]2COc2nc(N3CC4CCC(C3)N4)c3cc(Cl)c(-c4ccc(F)c5sc(N)c(C#N)c45)c(F)c3n2)C(C)(C)C)cc1. The van der Waals surface area contributed by atoms with E-state index in [1.54, 1.807) is 22.3 Å². The fourth-order valence-electron chi connectivity index (χ4n) is 12.9. The number of carbonyl (C=O) groups is 3. The number of anilines is 2. The normalized spacial score (nSPS) is 23.3. The Morgan fingerprint density at radius 2 is 1.82 bits per heavy atom. The molecule has 16 nitrogen and oxygen atoms in total. The molecule has 3 aromatic heterocycles. The molecule has 5 saturated heterocycles. The number of fused-ring (bicyclic) bond motifs is 4. The molecule has 8 atom stereocenters. The van der Waals surface area contributed by atoms with Gasteiger partial charge in [0.05, 0.1) is 43.5 Å². The van der Waals surface area contributed by atoms with Crippen LogP contribution in [0.2, 0.25) is 5.02 Å². The van der Waals surface area contributed by atoms with Crippen molar-refractivity contribution >= 4 is 83.8 Å². The maximum absolute atomic E-state index is 17.4. The number of β-amino-alcohol motifs (C(OH)–C–C–N with tert-alkyl or cyclic N) is 1. The van der Waals surface area contributed by atoms with E-state index >= 15 is 8.78 Å². The van der Waals surface area contributed by atoms with E-state index < -0.39 is 35.2 Å². The lowest BCUT2D eigenvalue weighted by molar-refractivity contribution is -0.152. The van der Waals surface area contributed by atoms with E-state index in [2.05, 4.69) is 31.5 Å². The highest BCUT2D eigenvalue weighted by Crippen LogP contribution is 2.46. The Kier molecular flexibility index (Phi) is 15.4. The third-order valence-electron chi connectivity index (χ3n) is 16.8. The molecule has 3 aromatic carbocycles. The maximum atomic E-state index is 17.4. The van der Waals surface area contributed by atoms with Crippen LogP contribution in [0.5, 0.6) is 6.01 Å². The minimum atomic E-state index is -0.906. The zero-order chi connectivity index (χ0) is 55.6. The highest BCUT2D eigenvalue weighted by atomic mass is 35.5. The van der Waals surface area contributed by atoms with Crippen molar-refractivity contribution in [3.63, 3.8) is 0 Å². The molecule has 2 bridgehead atoms. The van der Waals surface area contributed by atoms with Gasteiger partial charge in [-0.25, -0.2) is 13.8 Å². The average Bonchev–Trinajstić information content (AvgIpc) is 4.41. The van der Waals surface area contributed by atoms with E-state index in [9.17, 15) is 24.8 Å². The van der Waals surface area contributed by atoms with Crippen molar-refractivity contribution in [2.24, 2.45) is 5.41 Å². The number of nitrogens with two attached hydrogens (primary N) is 1. The molecule has 5 fully saturated rings. The third kappa shape index (κ3) is 10.6. The van der Waals surface area contributed by atoms with E-state index in [-0.39, 0.29) is 116 Å². The lowest BCUT2D eigenvalue weighted by Gasteiger charge is -2.43. The van der Waals surface area contributed by atoms with Gasteiger partial charge in [0, 0.05) is 73.0 Å². The van der Waals surface area contributed by atoms with Crippen LogP contribution >= 0.6 is 34.3 Å². The van der Waals surface area contributed by atoms with Gasteiger partial charge in [-0.2, -0.15) is 15.2 Å². The molecule has 3 amide bonds. The van der Waals surface area contributed by atoms with Crippen LogP contribution in [-0.2, 0) is 14.4 Å². The van der Waals surface area contributed by atoms with Crippen molar-refractivity contribution in [3.8, 4) is 33.6 Å². The molecule has 0 aliphatic carbocycles. The molecule has 0 radical (unpaired) electrons. The number of rotatable bonds is 15. The number of hydrogen-bond donors (Lipinski definition) is 4. The summed E-state index contributed by atoms with van der Waals surface area (Å²) in [6.45, 7) is 12.8. The van der Waals surface area contributed by atoms with Gasteiger partial charge >= 0.3 is 6.01 Å². The Morgan fingerprint density at radius 1 is 1.06 bits per heavy atom. The lowest BCUT2D eigenvalue weighted by Crippen LogP contribution is -2.59. The Labute approximate surface area is 471 Å². The first-order valence-corrected chi connectivity index (χ1v) is 29.5. The van der Waals surface area contributed by atoms with Gasteiger partial charge in [0.2, 0.25) is 17.7 Å². The van der Waals surface area contributed by atoms with E-state index in [0.29, 0.717) is 50.1 Å². The van der Waals surface area contributed by atoms with Gasteiger partial charge in [-0.3, -0.25) is 19.3 Å². The molecule has 79 heavy (non-hydrogen) atoms. The number of amides is 3. The summed E-state index contributed by atoms with van der Waals surface area (Å²) < 4.78 is 39.2. The predicted molar refractivity (Wildman–Crippen MR) is 304 cm³/mol.